The van der Waals surface area contributed by atoms with E-state index < -0.39 is 0 Å². The van der Waals surface area contributed by atoms with Crippen molar-refractivity contribution in [1.82, 2.24) is 15.5 Å². The van der Waals surface area contributed by atoms with E-state index in [1.807, 2.05) is 12.1 Å². The van der Waals surface area contributed by atoms with Crippen LogP contribution in [0.5, 0.6) is 0 Å². The third kappa shape index (κ3) is 5.81. The van der Waals surface area contributed by atoms with E-state index in [1.165, 1.54) is 44.7 Å². The monoisotopic (exact) mass is 474 g/mol. The number of halogens is 2. The second-order valence-corrected chi connectivity index (χ2v) is 7.34. The summed E-state index contributed by atoms with van der Waals surface area (Å²) in [5.41, 5.74) is 1.71. The van der Waals surface area contributed by atoms with Gasteiger partial charge in [-0.1, -0.05) is 25.0 Å². The lowest BCUT2D eigenvalue weighted by Gasteiger charge is -2.24. The molecule has 1 saturated carbocycles. The number of rotatable bonds is 5. The molecule has 2 aliphatic rings. The minimum absolute atomic E-state index is 0. The molecule has 0 spiro atoms. The van der Waals surface area contributed by atoms with Gasteiger partial charge in [0, 0.05) is 31.7 Å². The van der Waals surface area contributed by atoms with Gasteiger partial charge in [-0.2, -0.15) is 0 Å². The predicted octanol–water partition coefficient (Wildman–Crippen LogP) is 3.82. The number of benzene rings is 1. The van der Waals surface area contributed by atoms with Crippen LogP contribution in [0.25, 0.3) is 0 Å². The number of nitrogens with one attached hydrogen (secondary N) is 2. The first-order valence-electron chi connectivity index (χ1n) is 9.69. The molecule has 0 aromatic heterocycles. The minimum atomic E-state index is -0.157. The third-order valence-corrected chi connectivity index (χ3v) is 5.39. The normalized spacial score (nSPS) is 21.7. The van der Waals surface area contributed by atoms with E-state index >= 15 is 0 Å². The zero-order valence-corrected chi connectivity index (χ0v) is 18.3. The van der Waals surface area contributed by atoms with Gasteiger partial charge in [-0.05, 0) is 50.3 Å². The van der Waals surface area contributed by atoms with Gasteiger partial charge in [0.2, 0.25) is 0 Å². The zero-order valence-electron chi connectivity index (χ0n) is 15.9. The van der Waals surface area contributed by atoms with Crippen LogP contribution < -0.4 is 10.6 Å². The summed E-state index contributed by atoms with van der Waals surface area (Å²) >= 11 is 0. The Morgan fingerprint density at radius 1 is 1.27 bits per heavy atom. The number of aliphatic imine (C=N–C) groups is 1. The molecule has 3 rings (SSSR count). The van der Waals surface area contributed by atoms with E-state index in [-0.39, 0.29) is 29.8 Å². The summed E-state index contributed by atoms with van der Waals surface area (Å²) in [4.78, 5) is 7.34. The molecular weight excluding hydrogens is 442 g/mol. The van der Waals surface area contributed by atoms with Crippen molar-refractivity contribution in [3.05, 3.63) is 35.1 Å². The Hall–Kier alpha value is -0.890. The van der Waals surface area contributed by atoms with Gasteiger partial charge >= 0.3 is 0 Å². The summed E-state index contributed by atoms with van der Waals surface area (Å²) in [6.45, 7) is 7.59. The summed E-state index contributed by atoms with van der Waals surface area (Å²) in [7, 11) is 0. The largest absolute Gasteiger partial charge is 0.357 e. The Labute approximate surface area is 174 Å². The van der Waals surface area contributed by atoms with Gasteiger partial charge in [-0.25, -0.2) is 9.38 Å². The molecule has 1 heterocycles. The fourth-order valence-corrected chi connectivity index (χ4v) is 4.00. The number of guanidine groups is 1. The summed E-state index contributed by atoms with van der Waals surface area (Å²) < 4.78 is 13.4. The number of likely N-dealkylation sites (tertiary alicyclic amines) is 1. The van der Waals surface area contributed by atoms with Crippen LogP contribution in [0, 0.1) is 12.7 Å². The van der Waals surface area contributed by atoms with Gasteiger partial charge in [0.1, 0.15) is 5.82 Å². The van der Waals surface area contributed by atoms with E-state index in [2.05, 4.69) is 22.5 Å². The van der Waals surface area contributed by atoms with Gasteiger partial charge < -0.3 is 10.6 Å². The Morgan fingerprint density at radius 3 is 2.73 bits per heavy atom. The molecule has 1 aliphatic heterocycles. The van der Waals surface area contributed by atoms with Gasteiger partial charge in [0.05, 0.1) is 6.54 Å². The van der Waals surface area contributed by atoms with Crippen molar-refractivity contribution < 1.29 is 4.39 Å². The number of aryl methyl sites for hydroxylation is 1. The molecule has 1 atom stereocenters. The Bertz CT molecular complexity index is 601. The van der Waals surface area contributed by atoms with Crippen molar-refractivity contribution in [2.24, 2.45) is 4.99 Å². The topological polar surface area (TPSA) is 39.7 Å². The highest BCUT2D eigenvalue weighted by Gasteiger charge is 2.30. The maximum Gasteiger partial charge on any atom is 0.191 e. The Balaban J connectivity index is 0.00000243. The molecule has 2 fully saturated rings. The van der Waals surface area contributed by atoms with E-state index in [9.17, 15) is 4.39 Å². The standard InChI is InChI=1S/C20H31FN4.HI/c1-3-22-20(23-13-16-8-9-19(21)15(2)12-16)24-17-10-11-25(14-17)18-6-4-5-7-18;/h8-9,12,17-18H,3-7,10-11,13-14H2,1-2H3,(H2,22,23,24);1H. The molecule has 146 valence electrons. The first kappa shape index (κ1) is 21.4. The van der Waals surface area contributed by atoms with Crippen molar-refractivity contribution in [3.63, 3.8) is 0 Å². The molecular formula is C20H32FIN4. The summed E-state index contributed by atoms with van der Waals surface area (Å²) in [5.74, 6) is 0.707. The van der Waals surface area contributed by atoms with Crippen molar-refractivity contribution in [3.8, 4) is 0 Å². The van der Waals surface area contributed by atoms with Gasteiger partial charge in [-0.15, -0.1) is 24.0 Å². The molecule has 6 heteroatoms. The minimum Gasteiger partial charge on any atom is -0.357 e. The van der Waals surface area contributed by atoms with Crippen molar-refractivity contribution in [2.45, 2.75) is 64.6 Å². The molecule has 1 aromatic rings. The van der Waals surface area contributed by atoms with Crippen LogP contribution in [0.2, 0.25) is 0 Å². The first-order valence-corrected chi connectivity index (χ1v) is 9.69. The van der Waals surface area contributed by atoms with Gasteiger partial charge in [-0.3, -0.25) is 4.90 Å². The molecule has 0 amide bonds. The molecule has 4 nitrogen and oxygen atoms in total. The molecule has 1 aliphatic carbocycles. The Morgan fingerprint density at radius 2 is 2.04 bits per heavy atom. The molecule has 2 N–H and O–H groups in total. The van der Waals surface area contributed by atoms with Crippen LogP contribution in [0.4, 0.5) is 4.39 Å². The van der Waals surface area contributed by atoms with Crippen LogP contribution in [0.1, 0.15) is 50.2 Å². The molecule has 1 saturated heterocycles. The zero-order chi connectivity index (χ0) is 17.6. The number of hydrogen-bond donors (Lipinski definition) is 2. The lowest BCUT2D eigenvalue weighted by molar-refractivity contribution is 0.242. The first-order chi connectivity index (χ1) is 12.2. The maximum absolute atomic E-state index is 13.4. The van der Waals surface area contributed by atoms with Crippen molar-refractivity contribution in [1.29, 1.82) is 0 Å². The average molecular weight is 474 g/mol. The van der Waals surface area contributed by atoms with E-state index in [4.69, 9.17) is 4.99 Å². The second kappa shape index (κ2) is 10.4. The van der Waals surface area contributed by atoms with Crippen molar-refractivity contribution in [2.75, 3.05) is 19.6 Å². The average Bonchev–Trinajstić information content (AvgIpc) is 3.27. The highest BCUT2D eigenvalue weighted by atomic mass is 127. The third-order valence-electron chi connectivity index (χ3n) is 5.39. The van der Waals surface area contributed by atoms with Gasteiger partial charge in [0.25, 0.3) is 0 Å². The van der Waals surface area contributed by atoms with Crippen molar-refractivity contribution >= 4 is 29.9 Å². The highest BCUT2D eigenvalue weighted by Crippen LogP contribution is 2.26. The van der Waals surface area contributed by atoms with E-state index in [1.54, 1.807) is 6.92 Å². The second-order valence-electron chi connectivity index (χ2n) is 7.34. The maximum atomic E-state index is 13.4. The smallest absolute Gasteiger partial charge is 0.191 e. The van der Waals surface area contributed by atoms with E-state index in [0.717, 1.165) is 30.7 Å². The van der Waals surface area contributed by atoms with Crippen LogP contribution in [-0.4, -0.2) is 42.6 Å². The lowest BCUT2D eigenvalue weighted by Crippen LogP contribution is -2.45. The molecule has 1 unspecified atom stereocenters. The summed E-state index contributed by atoms with van der Waals surface area (Å²) in [6.07, 6.45) is 6.69. The Kier molecular flexibility index (Phi) is 8.60. The molecule has 0 radical (unpaired) electrons. The molecule has 0 bridgehead atoms. The van der Waals surface area contributed by atoms with Gasteiger partial charge in [0.15, 0.2) is 5.96 Å². The lowest BCUT2D eigenvalue weighted by atomic mass is 10.1. The van der Waals surface area contributed by atoms with Crippen LogP contribution in [0.3, 0.4) is 0 Å². The van der Waals surface area contributed by atoms with Crippen LogP contribution >= 0.6 is 24.0 Å². The van der Waals surface area contributed by atoms with Crippen LogP contribution in [-0.2, 0) is 6.54 Å². The summed E-state index contributed by atoms with van der Waals surface area (Å²) in [6, 6.07) is 6.48. The molecule has 1 aromatic carbocycles. The van der Waals surface area contributed by atoms with Crippen LogP contribution in [0.15, 0.2) is 23.2 Å². The van der Waals surface area contributed by atoms with E-state index in [0.29, 0.717) is 18.2 Å². The SMILES string of the molecule is CCNC(=NCc1ccc(F)c(C)c1)NC1CCN(C2CCCC2)C1.I. The number of hydrogen-bond acceptors (Lipinski definition) is 2. The summed E-state index contributed by atoms with van der Waals surface area (Å²) in [5, 5.41) is 6.93. The molecule has 26 heavy (non-hydrogen) atoms. The quantitative estimate of drug-likeness (QED) is 0.387. The fourth-order valence-electron chi connectivity index (χ4n) is 4.00. The highest BCUT2D eigenvalue weighted by molar-refractivity contribution is 14.0. The predicted molar refractivity (Wildman–Crippen MR) is 117 cm³/mol. The fraction of sp³-hybridized carbons (Fsp3) is 0.650. The number of nitrogens with zero attached hydrogens (tertiary/aromatic N) is 2.